The average Bonchev–Trinajstić information content (AvgIpc) is 3.08. The monoisotopic (exact) mass is 308 g/mol. The highest BCUT2D eigenvalue weighted by Gasteiger charge is 2.45. The van der Waals surface area contributed by atoms with Crippen LogP contribution in [0.15, 0.2) is 0 Å². The van der Waals surface area contributed by atoms with Crippen molar-refractivity contribution in [2.24, 2.45) is 11.8 Å². The number of likely N-dealkylation sites (N-methyl/N-ethyl adjacent to an activating group) is 1. The van der Waals surface area contributed by atoms with E-state index in [1.54, 1.807) is 0 Å². The standard InChI is InChI=1S/C15H24N4OS/c1-9-13(21-15(16-2)17-9)14(20)19-7-11(10-5-6-10)12(8-19)18(3)4/h10-12H,5-8H2,1-4H3,(H,16,17)/t11-,12+/m1/s1. The Morgan fingerprint density at radius 3 is 2.62 bits per heavy atom. The van der Waals surface area contributed by atoms with Crippen LogP contribution in [0.25, 0.3) is 0 Å². The highest BCUT2D eigenvalue weighted by molar-refractivity contribution is 7.17. The maximum Gasteiger partial charge on any atom is 0.265 e. The zero-order chi connectivity index (χ0) is 15.1. The molecule has 1 N–H and O–H groups in total. The Kier molecular flexibility index (Phi) is 3.92. The number of carbonyl (C=O) groups is 1. The fraction of sp³-hybridized carbons (Fsp3) is 0.733. The summed E-state index contributed by atoms with van der Waals surface area (Å²) in [5.41, 5.74) is 0.839. The van der Waals surface area contributed by atoms with E-state index in [1.807, 2.05) is 18.9 Å². The lowest BCUT2D eigenvalue weighted by Crippen LogP contribution is -2.36. The van der Waals surface area contributed by atoms with Crippen molar-refractivity contribution in [3.63, 3.8) is 0 Å². The highest BCUT2D eigenvalue weighted by atomic mass is 32.1. The van der Waals surface area contributed by atoms with E-state index < -0.39 is 0 Å². The van der Waals surface area contributed by atoms with Crippen LogP contribution in [0.5, 0.6) is 0 Å². The van der Waals surface area contributed by atoms with Crippen molar-refractivity contribution >= 4 is 22.4 Å². The molecule has 0 bridgehead atoms. The molecule has 5 nitrogen and oxygen atoms in total. The van der Waals surface area contributed by atoms with Gasteiger partial charge in [-0.1, -0.05) is 11.3 Å². The topological polar surface area (TPSA) is 48.5 Å². The molecule has 0 spiro atoms. The van der Waals surface area contributed by atoms with E-state index >= 15 is 0 Å². The van der Waals surface area contributed by atoms with Crippen molar-refractivity contribution < 1.29 is 4.79 Å². The van der Waals surface area contributed by atoms with Crippen molar-refractivity contribution in [3.8, 4) is 0 Å². The number of hydrogen-bond donors (Lipinski definition) is 1. The Bertz CT molecular complexity index is 528. The molecule has 0 unspecified atom stereocenters. The third kappa shape index (κ3) is 2.79. The second kappa shape index (κ2) is 5.57. The van der Waals surface area contributed by atoms with E-state index in [9.17, 15) is 4.79 Å². The summed E-state index contributed by atoms with van der Waals surface area (Å²) in [7, 11) is 6.10. The zero-order valence-electron chi connectivity index (χ0n) is 13.2. The average molecular weight is 308 g/mol. The van der Waals surface area contributed by atoms with Crippen LogP contribution in [0.1, 0.15) is 28.2 Å². The molecule has 1 aromatic rings. The molecule has 2 fully saturated rings. The molecule has 2 heterocycles. The lowest BCUT2D eigenvalue weighted by Gasteiger charge is -2.24. The summed E-state index contributed by atoms with van der Waals surface area (Å²) in [4.78, 5) is 22.3. The predicted octanol–water partition coefficient (Wildman–Crippen LogP) is 1.91. The summed E-state index contributed by atoms with van der Waals surface area (Å²) in [5, 5.41) is 3.84. The van der Waals surface area contributed by atoms with Gasteiger partial charge in [-0.3, -0.25) is 4.79 Å². The molecule has 116 valence electrons. The first-order valence-corrected chi connectivity index (χ1v) is 8.43. The van der Waals surface area contributed by atoms with Crippen LogP contribution in [0.2, 0.25) is 0 Å². The van der Waals surface area contributed by atoms with Crippen LogP contribution in [0.3, 0.4) is 0 Å². The summed E-state index contributed by atoms with van der Waals surface area (Å²) < 4.78 is 0. The van der Waals surface area contributed by atoms with Gasteiger partial charge in [0.2, 0.25) is 0 Å². The lowest BCUT2D eigenvalue weighted by molar-refractivity contribution is 0.0784. The van der Waals surface area contributed by atoms with Gasteiger partial charge in [0.1, 0.15) is 4.88 Å². The number of nitrogens with zero attached hydrogens (tertiary/aromatic N) is 3. The van der Waals surface area contributed by atoms with Gasteiger partial charge in [0.25, 0.3) is 5.91 Å². The van der Waals surface area contributed by atoms with E-state index in [1.165, 1.54) is 24.2 Å². The van der Waals surface area contributed by atoms with Crippen LogP contribution >= 0.6 is 11.3 Å². The van der Waals surface area contributed by atoms with E-state index in [4.69, 9.17) is 0 Å². The van der Waals surface area contributed by atoms with E-state index in [2.05, 4.69) is 29.3 Å². The van der Waals surface area contributed by atoms with E-state index in [0.717, 1.165) is 34.7 Å². The Morgan fingerprint density at radius 2 is 2.10 bits per heavy atom. The second-order valence-electron chi connectivity index (χ2n) is 6.43. The predicted molar refractivity (Wildman–Crippen MR) is 86.0 cm³/mol. The third-order valence-corrected chi connectivity index (χ3v) is 5.88. The SMILES string of the molecule is CNc1nc(C)c(C(=O)N2C[C@H](C3CC3)[C@@H](N(C)C)C2)s1. The quantitative estimate of drug-likeness (QED) is 0.923. The van der Waals surface area contributed by atoms with Crippen LogP contribution in [-0.2, 0) is 0 Å². The van der Waals surface area contributed by atoms with Crippen molar-refractivity contribution in [1.29, 1.82) is 0 Å². The van der Waals surface area contributed by atoms with Crippen molar-refractivity contribution in [2.75, 3.05) is 39.5 Å². The Balaban J connectivity index is 1.77. The molecule has 6 heteroatoms. The number of amides is 1. The number of carbonyl (C=O) groups excluding carboxylic acids is 1. The number of nitrogens with one attached hydrogen (secondary N) is 1. The summed E-state index contributed by atoms with van der Waals surface area (Å²) in [5.74, 6) is 1.62. The maximum atomic E-state index is 12.8. The van der Waals surface area contributed by atoms with E-state index in [0.29, 0.717) is 12.0 Å². The van der Waals surface area contributed by atoms with Gasteiger partial charge >= 0.3 is 0 Å². The minimum atomic E-state index is 0.154. The van der Waals surface area contributed by atoms with Gasteiger partial charge in [-0.05, 0) is 45.7 Å². The van der Waals surface area contributed by atoms with Crippen molar-refractivity contribution in [1.82, 2.24) is 14.8 Å². The molecule has 21 heavy (non-hydrogen) atoms. The first-order valence-electron chi connectivity index (χ1n) is 7.62. The number of anilines is 1. The molecule has 1 aromatic heterocycles. The Labute approximate surface area is 130 Å². The van der Waals surface area contributed by atoms with Crippen molar-refractivity contribution in [2.45, 2.75) is 25.8 Å². The normalized spacial score (nSPS) is 25.7. The second-order valence-corrected chi connectivity index (χ2v) is 7.43. The van der Waals surface area contributed by atoms with Gasteiger partial charge in [-0.2, -0.15) is 0 Å². The summed E-state index contributed by atoms with van der Waals surface area (Å²) in [6.07, 6.45) is 2.67. The molecular formula is C15H24N4OS. The maximum absolute atomic E-state index is 12.8. The molecule has 1 amide bonds. The third-order valence-electron chi connectivity index (χ3n) is 4.72. The molecule has 2 aliphatic rings. The first kappa shape index (κ1) is 14.8. The van der Waals surface area contributed by atoms with Crippen molar-refractivity contribution in [3.05, 3.63) is 10.6 Å². The minimum absolute atomic E-state index is 0.154. The van der Waals surface area contributed by atoms with Gasteiger partial charge in [0.15, 0.2) is 5.13 Å². The minimum Gasteiger partial charge on any atom is -0.365 e. The smallest absolute Gasteiger partial charge is 0.265 e. The fourth-order valence-electron chi connectivity index (χ4n) is 3.36. The molecule has 1 saturated carbocycles. The summed E-state index contributed by atoms with van der Waals surface area (Å²) in [6, 6.07) is 0.499. The van der Waals surface area contributed by atoms with Gasteiger partial charge in [-0.15, -0.1) is 0 Å². The highest BCUT2D eigenvalue weighted by Crippen LogP contribution is 2.43. The molecule has 2 atom stereocenters. The number of aromatic nitrogens is 1. The Morgan fingerprint density at radius 1 is 1.38 bits per heavy atom. The van der Waals surface area contributed by atoms with E-state index in [-0.39, 0.29) is 5.91 Å². The van der Waals surface area contributed by atoms with Gasteiger partial charge in [0.05, 0.1) is 5.69 Å². The summed E-state index contributed by atoms with van der Waals surface area (Å²) >= 11 is 1.46. The molecular weight excluding hydrogens is 284 g/mol. The van der Waals surface area contributed by atoms with Gasteiger partial charge in [-0.25, -0.2) is 4.98 Å². The number of likely N-dealkylation sites (tertiary alicyclic amines) is 1. The largest absolute Gasteiger partial charge is 0.365 e. The number of hydrogen-bond acceptors (Lipinski definition) is 5. The van der Waals surface area contributed by atoms with Crippen LogP contribution in [-0.4, -0.2) is 61.0 Å². The molecule has 0 radical (unpaired) electrons. The first-order chi connectivity index (χ1) is 10.0. The molecule has 3 rings (SSSR count). The van der Waals surface area contributed by atoms with Crippen LogP contribution in [0.4, 0.5) is 5.13 Å². The Hall–Kier alpha value is -1.14. The molecule has 0 aromatic carbocycles. The van der Waals surface area contributed by atoms with Gasteiger partial charge < -0.3 is 15.1 Å². The molecule has 1 aliphatic carbocycles. The number of aryl methyl sites for hydroxylation is 1. The summed E-state index contributed by atoms with van der Waals surface area (Å²) in [6.45, 7) is 3.67. The van der Waals surface area contributed by atoms with Crippen LogP contribution < -0.4 is 5.32 Å². The lowest BCUT2D eigenvalue weighted by atomic mass is 9.97. The number of thiazole rings is 1. The number of rotatable bonds is 4. The van der Waals surface area contributed by atoms with Gasteiger partial charge in [0, 0.05) is 26.2 Å². The van der Waals surface area contributed by atoms with Crippen LogP contribution in [0, 0.1) is 18.8 Å². The zero-order valence-corrected chi connectivity index (χ0v) is 14.0. The molecule has 1 saturated heterocycles. The fourth-order valence-corrected chi connectivity index (χ4v) is 4.24. The molecule has 1 aliphatic heterocycles.